The molecule has 0 spiro atoms. The van der Waals surface area contributed by atoms with Crippen molar-refractivity contribution in [2.75, 3.05) is 32.1 Å². The molecule has 0 unspecified atom stereocenters. The van der Waals surface area contributed by atoms with E-state index in [1.807, 2.05) is 46.7 Å². The van der Waals surface area contributed by atoms with Crippen molar-refractivity contribution in [1.29, 1.82) is 0 Å². The van der Waals surface area contributed by atoms with Gasteiger partial charge in [0.25, 0.3) is 5.91 Å². The third-order valence-electron chi connectivity index (χ3n) is 4.55. The van der Waals surface area contributed by atoms with Crippen LogP contribution in [0.2, 0.25) is 0 Å². The zero-order chi connectivity index (χ0) is 18.4. The predicted molar refractivity (Wildman–Crippen MR) is 103 cm³/mol. The lowest BCUT2D eigenvalue weighted by Crippen LogP contribution is -2.43. The molecule has 1 aromatic heterocycles. The Kier molecular flexibility index (Phi) is 6.12. The van der Waals surface area contributed by atoms with Crippen LogP contribution >= 0.6 is 11.3 Å². The number of hydrogen-bond acceptors (Lipinski definition) is 4. The van der Waals surface area contributed by atoms with Crippen molar-refractivity contribution in [3.63, 3.8) is 0 Å². The summed E-state index contributed by atoms with van der Waals surface area (Å²) in [5, 5.41) is 7.79. The topological polar surface area (TPSA) is 70.7 Å². The van der Waals surface area contributed by atoms with Gasteiger partial charge in [0, 0.05) is 19.6 Å². The molecular formula is C19H23N3O3S. The number of carbonyl (C=O) groups excluding carboxylic acids is 2. The highest BCUT2D eigenvalue weighted by atomic mass is 32.1. The minimum Gasteiger partial charge on any atom is -0.495 e. The van der Waals surface area contributed by atoms with Crippen molar-refractivity contribution < 1.29 is 14.3 Å². The monoisotopic (exact) mass is 373 g/mol. The molecule has 1 saturated heterocycles. The van der Waals surface area contributed by atoms with Gasteiger partial charge in [-0.1, -0.05) is 18.2 Å². The van der Waals surface area contributed by atoms with Gasteiger partial charge in [-0.05, 0) is 42.3 Å². The standard InChI is InChI=1S/C19H23N3O3S/c1-25-16-6-3-2-5-15(16)21-19(24)22-10-8-14(9-11-22)13-20-18(23)17-7-4-12-26-17/h2-7,12,14H,8-11,13H2,1H3,(H,20,23)(H,21,24). The van der Waals surface area contributed by atoms with E-state index < -0.39 is 0 Å². The summed E-state index contributed by atoms with van der Waals surface area (Å²) in [4.78, 5) is 27.0. The number of methoxy groups -OCH3 is 1. The van der Waals surface area contributed by atoms with E-state index in [-0.39, 0.29) is 11.9 Å². The second kappa shape index (κ2) is 8.71. The van der Waals surface area contributed by atoms with Crippen LogP contribution in [0, 0.1) is 5.92 Å². The third kappa shape index (κ3) is 4.54. The lowest BCUT2D eigenvalue weighted by Gasteiger charge is -2.32. The van der Waals surface area contributed by atoms with Crippen molar-refractivity contribution in [3.8, 4) is 5.75 Å². The number of benzene rings is 1. The molecule has 26 heavy (non-hydrogen) atoms. The maximum atomic E-state index is 12.5. The van der Waals surface area contributed by atoms with Gasteiger partial charge in [-0.15, -0.1) is 11.3 Å². The molecule has 0 aliphatic carbocycles. The normalized spacial score (nSPS) is 14.7. The van der Waals surface area contributed by atoms with E-state index in [0.29, 0.717) is 37.0 Å². The number of para-hydroxylation sites is 2. The molecule has 0 bridgehead atoms. The van der Waals surface area contributed by atoms with E-state index >= 15 is 0 Å². The molecule has 6 nitrogen and oxygen atoms in total. The predicted octanol–water partition coefficient (Wildman–Crippen LogP) is 3.43. The highest BCUT2D eigenvalue weighted by molar-refractivity contribution is 7.12. The summed E-state index contributed by atoms with van der Waals surface area (Å²) in [5.41, 5.74) is 0.672. The molecule has 1 fully saturated rings. The molecule has 1 aromatic carbocycles. The number of nitrogens with one attached hydrogen (secondary N) is 2. The fourth-order valence-corrected chi connectivity index (χ4v) is 3.65. The first kappa shape index (κ1) is 18.3. The first-order valence-corrected chi connectivity index (χ1v) is 9.56. The van der Waals surface area contributed by atoms with Crippen LogP contribution in [-0.2, 0) is 0 Å². The number of ether oxygens (including phenoxy) is 1. The van der Waals surface area contributed by atoms with Crippen molar-refractivity contribution in [1.82, 2.24) is 10.2 Å². The van der Waals surface area contributed by atoms with E-state index in [9.17, 15) is 9.59 Å². The van der Waals surface area contributed by atoms with E-state index in [0.717, 1.165) is 17.7 Å². The molecule has 2 aromatic rings. The Morgan fingerprint density at radius 1 is 1.19 bits per heavy atom. The van der Waals surface area contributed by atoms with Crippen molar-refractivity contribution >= 4 is 29.0 Å². The number of piperidine rings is 1. The molecule has 0 saturated carbocycles. The highest BCUT2D eigenvalue weighted by Crippen LogP contribution is 2.24. The maximum Gasteiger partial charge on any atom is 0.321 e. The largest absolute Gasteiger partial charge is 0.495 e. The Labute approximate surface area is 157 Å². The quantitative estimate of drug-likeness (QED) is 0.843. The van der Waals surface area contributed by atoms with Crippen molar-refractivity contribution in [2.45, 2.75) is 12.8 Å². The maximum absolute atomic E-state index is 12.5. The Morgan fingerprint density at radius 3 is 2.65 bits per heavy atom. The molecule has 1 aliphatic heterocycles. The third-order valence-corrected chi connectivity index (χ3v) is 5.42. The van der Waals surface area contributed by atoms with Crippen LogP contribution in [-0.4, -0.2) is 43.6 Å². The number of hydrogen-bond donors (Lipinski definition) is 2. The van der Waals surface area contributed by atoms with Gasteiger partial charge < -0.3 is 20.3 Å². The van der Waals surface area contributed by atoms with Crippen molar-refractivity contribution in [3.05, 3.63) is 46.7 Å². The van der Waals surface area contributed by atoms with E-state index in [1.54, 1.807) is 7.11 Å². The summed E-state index contributed by atoms with van der Waals surface area (Å²) >= 11 is 1.44. The van der Waals surface area contributed by atoms with Gasteiger partial charge in [-0.2, -0.15) is 0 Å². The molecule has 0 radical (unpaired) electrons. The number of amides is 3. The van der Waals surface area contributed by atoms with Gasteiger partial charge in [-0.3, -0.25) is 4.79 Å². The van der Waals surface area contributed by atoms with Crippen LogP contribution in [0.3, 0.4) is 0 Å². The number of likely N-dealkylation sites (tertiary alicyclic amines) is 1. The van der Waals surface area contributed by atoms with Gasteiger partial charge in [0.1, 0.15) is 5.75 Å². The molecular weight excluding hydrogens is 350 g/mol. The van der Waals surface area contributed by atoms with Gasteiger partial charge in [-0.25, -0.2) is 4.79 Å². The molecule has 1 aliphatic rings. The van der Waals surface area contributed by atoms with Crippen LogP contribution in [0.25, 0.3) is 0 Å². The van der Waals surface area contributed by atoms with Gasteiger partial charge >= 0.3 is 6.03 Å². The Balaban J connectivity index is 1.44. The first-order chi connectivity index (χ1) is 12.7. The van der Waals surface area contributed by atoms with Crippen LogP contribution in [0.4, 0.5) is 10.5 Å². The van der Waals surface area contributed by atoms with Gasteiger partial charge in [0.2, 0.25) is 0 Å². The minimum absolute atomic E-state index is 0.0173. The average Bonchev–Trinajstić information content (AvgIpc) is 3.22. The van der Waals surface area contributed by atoms with E-state index in [4.69, 9.17) is 4.74 Å². The number of thiophene rings is 1. The highest BCUT2D eigenvalue weighted by Gasteiger charge is 2.23. The smallest absolute Gasteiger partial charge is 0.321 e. The van der Waals surface area contributed by atoms with Crippen LogP contribution < -0.4 is 15.4 Å². The summed E-state index contributed by atoms with van der Waals surface area (Å²) in [7, 11) is 1.58. The zero-order valence-corrected chi connectivity index (χ0v) is 15.6. The summed E-state index contributed by atoms with van der Waals surface area (Å²) < 4.78 is 5.26. The molecule has 7 heteroatoms. The number of anilines is 1. The Morgan fingerprint density at radius 2 is 1.96 bits per heavy atom. The fraction of sp³-hybridized carbons (Fsp3) is 0.368. The Bertz CT molecular complexity index is 740. The molecule has 3 rings (SSSR count). The van der Waals surface area contributed by atoms with E-state index in [1.165, 1.54) is 11.3 Å². The number of urea groups is 1. The van der Waals surface area contributed by atoms with Crippen molar-refractivity contribution in [2.24, 2.45) is 5.92 Å². The molecule has 0 atom stereocenters. The Hall–Kier alpha value is -2.54. The van der Waals surface area contributed by atoms with Crippen LogP contribution in [0.15, 0.2) is 41.8 Å². The van der Waals surface area contributed by atoms with Gasteiger partial charge in [0.05, 0.1) is 17.7 Å². The minimum atomic E-state index is -0.115. The summed E-state index contributed by atoms with van der Waals surface area (Å²) in [6, 6.07) is 11.0. The number of carbonyl (C=O) groups is 2. The summed E-state index contributed by atoms with van der Waals surface area (Å²) in [5.74, 6) is 1.03. The zero-order valence-electron chi connectivity index (χ0n) is 14.7. The van der Waals surface area contributed by atoms with Crippen LogP contribution in [0.5, 0.6) is 5.75 Å². The lowest BCUT2D eigenvalue weighted by atomic mass is 9.97. The second-order valence-corrected chi connectivity index (χ2v) is 7.20. The average molecular weight is 373 g/mol. The lowest BCUT2D eigenvalue weighted by molar-refractivity contribution is 0.0943. The molecule has 138 valence electrons. The number of nitrogens with zero attached hydrogens (tertiary/aromatic N) is 1. The van der Waals surface area contributed by atoms with E-state index in [2.05, 4.69) is 10.6 Å². The molecule has 3 amide bonds. The molecule has 2 heterocycles. The van der Waals surface area contributed by atoms with Gasteiger partial charge in [0.15, 0.2) is 0 Å². The first-order valence-electron chi connectivity index (χ1n) is 8.68. The fourth-order valence-electron chi connectivity index (χ4n) is 3.01. The SMILES string of the molecule is COc1ccccc1NC(=O)N1CCC(CNC(=O)c2cccs2)CC1. The molecule has 2 N–H and O–H groups in total. The second-order valence-electron chi connectivity index (χ2n) is 6.25. The summed E-state index contributed by atoms with van der Waals surface area (Å²) in [6.45, 7) is 2.01. The number of rotatable bonds is 5. The van der Waals surface area contributed by atoms with Crippen LogP contribution in [0.1, 0.15) is 22.5 Å². The summed E-state index contributed by atoms with van der Waals surface area (Å²) in [6.07, 6.45) is 1.76.